The Balaban J connectivity index is 1.88. The summed E-state index contributed by atoms with van der Waals surface area (Å²) in [5.74, 6) is -0.959. The fourth-order valence-corrected chi connectivity index (χ4v) is 3.11. The van der Waals surface area contributed by atoms with E-state index in [4.69, 9.17) is 14.2 Å². The van der Waals surface area contributed by atoms with Crippen LogP contribution in [0.3, 0.4) is 0 Å². The summed E-state index contributed by atoms with van der Waals surface area (Å²) >= 11 is 0. The van der Waals surface area contributed by atoms with Crippen LogP contribution in [0.1, 0.15) is 43.8 Å². The highest BCUT2D eigenvalue weighted by molar-refractivity contribution is 5.76. The molecule has 1 saturated heterocycles. The predicted octanol–water partition coefficient (Wildman–Crippen LogP) is 2.98. The highest BCUT2D eigenvalue weighted by Gasteiger charge is 2.51. The molecule has 4 heteroatoms. The largest absolute Gasteiger partial charge is 0.467 e. The lowest BCUT2D eigenvalue weighted by Gasteiger charge is -2.31. The lowest BCUT2D eigenvalue weighted by Crippen LogP contribution is -2.35. The van der Waals surface area contributed by atoms with Crippen molar-refractivity contribution in [2.24, 2.45) is 0 Å². The third-order valence-electron chi connectivity index (χ3n) is 4.14. The maximum Gasteiger partial charge on any atom is 0.338 e. The number of rotatable bonds is 2. The predicted molar refractivity (Wildman–Crippen MR) is 73.0 cm³/mol. The highest BCUT2D eigenvalue weighted by atomic mass is 16.8. The van der Waals surface area contributed by atoms with Gasteiger partial charge in [0.25, 0.3) is 0 Å². The zero-order valence-electron chi connectivity index (χ0n) is 11.7. The van der Waals surface area contributed by atoms with Crippen LogP contribution in [0.4, 0.5) is 0 Å². The molecule has 108 valence electrons. The van der Waals surface area contributed by atoms with Gasteiger partial charge in [0.15, 0.2) is 11.9 Å². The summed E-state index contributed by atoms with van der Waals surface area (Å²) in [6.07, 6.45) is 4.02. The summed E-state index contributed by atoms with van der Waals surface area (Å²) in [6, 6.07) is 9.76. The fraction of sp³-hybridized carbons (Fsp3) is 0.562. The first kappa shape index (κ1) is 13.6. The van der Waals surface area contributed by atoms with Gasteiger partial charge in [-0.2, -0.15) is 0 Å². The molecule has 1 spiro atoms. The maximum atomic E-state index is 12.0. The van der Waals surface area contributed by atoms with Crippen molar-refractivity contribution in [3.05, 3.63) is 35.9 Å². The average molecular weight is 276 g/mol. The molecule has 1 aliphatic heterocycles. The standard InChI is InChI=1S/C16H20O4/c1-18-15(17)14-13(12-8-4-2-5-9-12)19-16(20-14)10-6-3-7-11-16/h2,4-5,8-9,13-14H,3,6-7,10-11H2,1H3/t13-,14+/m0/s1. The van der Waals surface area contributed by atoms with Crippen LogP contribution < -0.4 is 0 Å². The molecule has 1 aliphatic carbocycles. The number of esters is 1. The molecule has 1 aromatic rings. The van der Waals surface area contributed by atoms with Crippen molar-refractivity contribution in [1.82, 2.24) is 0 Å². The summed E-state index contributed by atoms with van der Waals surface area (Å²) in [6.45, 7) is 0. The van der Waals surface area contributed by atoms with Crippen molar-refractivity contribution >= 4 is 5.97 Å². The van der Waals surface area contributed by atoms with Crippen molar-refractivity contribution in [3.63, 3.8) is 0 Å². The Hall–Kier alpha value is -1.39. The second-order valence-corrected chi connectivity index (χ2v) is 5.48. The molecule has 0 radical (unpaired) electrons. The van der Waals surface area contributed by atoms with Crippen LogP contribution in [-0.2, 0) is 19.0 Å². The summed E-state index contributed by atoms with van der Waals surface area (Å²) in [5.41, 5.74) is 0.963. The van der Waals surface area contributed by atoms with E-state index in [1.54, 1.807) is 0 Å². The maximum absolute atomic E-state index is 12.0. The third-order valence-corrected chi connectivity index (χ3v) is 4.14. The van der Waals surface area contributed by atoms with Gasteiger partial charge in [0.2, 0.25) is 0 Å². The Labute approximate surface area is 119 Å². The second kappa shape index (κ2) is 5.54. The smallest absolute Gasteiger partial charge is 0.338 e. The van der Waals surface area contributed by atoms with Crippen molar-refractivity contribution < 1.29 is 19.0 Å². The van der Waals surface area contributed by atoms with Crippen molar-refractivity contribution in [1.29, 1.82) is 0 Å². The normalized spacial score (nSPS) is 28.4. The molecule has 20 heavy (non-hydrogen) atoms. The van der Waals surface area contributed by atoms with E-state index in [1.807, 2.05) is 30.3 Å². The SMILES string of the molecule is COC(=O)[C@@H]1OC2(CCCCC2)O[C@H]1c1ccccc1. The molecule has 1 aromatic carbocycles. The highest BCUT2D eigenvalue weighted by Crippen LogP contribution is 2.46. The second-order valence-electron chi connectivity index (χ2n) is 5.48. The van der Waals surface area contributed by atoms with Gasteiger partial charge in [0.1, 0.15) is 6.10 Å². The number of ether oxygens (including phenoxy) is 3. The Morgan fingerprint density at radius 2 is 1.85 bits per heavy atom. The van der Waals surface area contributed by atoms with E-state index >= 15 is 0 Å². The molecule has 2 fully saturated rings. The van der Waals surface area contributed by atoms with Gasteiger partial charge in [-0.1, -0.05) is 36.8 Å². The minimum absolute atomic E-state index is 0.360. The minimum atomic E-state index is -0.666. The quantitative estimate of drug-likeness (QED) is 0.779. The van der Waals surface area contributed by atoms with E-state index in [-0.39, 0.29) is 12.1 Å². The van der Waals surface area contributed by atoms with Gasteiger partial charge >= 0.3 is 5.97 Å². The first-order chi connectivity index (χ1) is 9.74. The molecule has 0 unspecified atom stereocenters. The van der Waals surface area contributed by atoms with Gasteiger partial charge < -0.3 is 14.2 Å². The summed E-state index contributed by atoms with van der Waals surface area (Å²) in [5, 5.41) is 0. The van der Waals surface area contributed by atoms with Crippen LogP contribution in [0.15, 0.2) is 30.3 Å². The zero-order valence-corrected chi connectivity index (χ0v) is 11.7. The summed E-state index contributed by atoms with van der Waals surface area (Å²) in [4.78, 5) is 12.0. The van der Waals surface area contributed by atoms with Crippen LogP contribution >= 0.6 is 0 Å². The molecule has 4 nitrogen and oxygen atoms in total. The monoisotopic (exact) mass is 276 g/mol. The lowest BCUT2D eigenvalue weighted by atomic mass is 9.94. The molecular formula is C16H20O4. The fourth-order valence-electron chi connectivity index (χ4n) is 3.11. The van der Waals surface area contributed by atoms with Gasteiger partial charge in [-0.25, -0.2) is 4.79 Å². The third kappa shape index (κ3) is 2.45. The van der Waals surface area contributed by atoms with E-state index in [9.17, 15) is 4.79 Å². The Kier molecular flexibility index (Phi) is 3.76. The zero-order chi connectivity index (χ0) is 14.0. The van der Waals surface area contributed by atoms with Gasteiger partial charge in [0, 0.05) is 12.8 Å². The molecule has 0 amide bonds. The van der Waals surface area contributed by atoms with Crippen molar-refractivity contribution in [2.75, 3.05) is 7.11 Å². The molecule has 1 heterocycles. The van der Waals surface area contributed by atoms with Crippen LogP contribution in [0.5, 0.6) is 0 Å². The number of carbonyl (C=O) groups excluding carboxylic acids is 1. The van der Waals surface area contributed by atoms with Gasteiger partial charge in [0.05, 0.1) is 7.11 Å². The van der Waals surface area contributed by atoms with Gasteiger partial charge in [-0.15, -0.1) is 0 Å². The number of benzene rings is 1. The molecule has 0 bridgehead atoms. The number of hydrogen-bond donors (Lipinski definition) is 0. The van der Waals surface area contributed by atoms with Crippen LogP contribution in [0, 0.1) is 0 Å². The first-order valence-electron chi connectivity index (χ1n) is 7.22. The van der Waals surface area contributed by atoms with Crippen LogP contribution in [0.2, 0.25) is 0 Å². The minimum Gasteiger partial charge on any atom is -0.467 e. The van der Waals surface area contributed by atoms with Gasteiger partial charge in [-0.05, 0) is 18.4 Å². The van der Waals surface area contributed by atoms with Crippen LogP contribution in [0.25, 0.3) is 0 Å². The molecule has 2 atom stereocenters. The lowest BCUT2D eigenvalue weighted by molar-refractivity contribution is -0.199. The number of methoxy groups -OCH3 is 1. The molecule has 0 N–H and O–H groups in total. The Bertz CT molecular complexity index is 465. The number of carbonyl (C=O) groups is 1. The Morgan fingerprint density at radius 1 is 1.15 bits per heavy atom. The van der Waals surface area contributed by atoms with Crippen molar-refractivity contribution in [3.8, 4) is 0 Å². The van der Waals surface area contributed by atoms with Crippen molar-refractivity contribution in [2.45, 2.75) is 50.1 Å². The summed E-state index contributed by atoms with van der Waals surface area (Å²) in [7, 11) is 1.39. The summed E-state index contributed by atoms with van der Waals surface area (Å²) < 4.78 is 17.1. The topological polar surface area (TPSA) is 44.8 Å². The van der Waals surface area contributed by atoms with E-state index in [2.05, 4.69) is 0 Å². The molecule has 0 aromatic heterocycles. The molecule has 3 rings (SSSR count). The molecule has 2 aliphatic rings. The van der Waals surface area contributed by atoms with E-state index < -0.39 is 11.9 Å². The molecular weight excluding hydrogens is 256 g/mol. The first-order valence-corrected chi connectivity index (χ1v) is 7.22. The van der Waals surface area contributed by atoms with E-state index in [1.165, 1.54) is 13.5 Å². The average Bonchev–Trinajstić information content (AvgIpc) is 2.87. The number of hydrogen-bond acceptors (Lipinski definition) is 4. The van der Waals surface area contributed by atoms with E-state index in [0.29, 0.717) is 0 Å². The Morgan fingerprint density at radius 3 is 2.50 bits per heavy atom. The van der Waals surface area contributed by atoms with Crippen LogP contribution in [-0.4, -0.2) is 25.0 Å². The van der Waals surface area contributed by atoms with Gasteiger partial charge in [-0.3, -0.25) is 0 Å². The van der Waals surface area contributed by atoms with E-state index in [0.717, 1.165) is 31.2 Å². The molecule has 1 saturated carbocycles.